The number of ether oxygens (including phenoxy) is 1. The molecule has 2 rings (SSSR count). The first-order chi connectivity index (χ1) is 11.2. The highest BCUT2D eigenvalue weighted by Crippen LogP contribution is 2.22. The minimum absolute atomic E-state index is 0.124. The van der Waals surface area contributed by atoms with Crippen LogP contribution < -0.4 is 5.73 Å². The largest absolute Gasteiger partial charge is 0.484 e. The number of nitrogens with two attached hydrogens (primary N) is 1. The number of allylic oxidation sites excluding steroid dienone is 3. The molecule has 1 aliphatic heterocycles. The summed E-state index contributed by atoms with van der Waals surface area (Å²) in [6.45, 7) is 1.79. The molecule has 0 radical (unpaired) electrons. The Kier molecular flexibility index (Phi) is 7.26. The molecule has 0 aromatic carbocycles. The van der Waals surface area contributed by atoms with E-state index < -0.39 is 0 Å². The van der Waals surface area contributed by atoms with Crippen LogP contribution in [-0.4, -0.2) is 42.9 Å². The Labute approximate surface area is 141 Å². The molecule has 2 N–H and O–H groups in total. The van der Waals surface area contributed by atoms with Gasteiger partial charge in [0.15, 0.2) is 5.84 Å². The molecule has 0 aromatic rings. The summed E-state index contributed by atoms with van der Waals surface area (Å²) < 4.78 is 5.50. The van der Waals surface area contributed by atoms with Gasteiger partial charge in [-0.2, -0.15) is 0 Å². The number of likely N-dealkylation sites (tertiary alicyclic amines) is 1. The minimum atomic E-state index is 0.124. The van der Waals surface area contributed by atoms with Gasteiger partial charge >= 0.3 is 0 Å². The molecule has 1 saturated heterocycles. The van der Waals surface area contributed by atoms with E-state index in [4.69, 9.17) is 26.9 Å². The Balaban J connectivity index is 1.66. The molecule has 1 heterocycles. The molecule has 1 fully saturated rings. The predicted octanol–water partition coefficient (Wildman–Crippen LogP) is 2.49. The number of hydrogen-bond acceptors (Lipinski definition) is 4. The lowest BCUT2D eigenvalue weighted by Gasteiger charge is -2.19. The van der Waals surface area contributed by atoms with E-state index in [1.54, 1.807) is 0 Å². The van der Waals surface area contributed by atoms with Crippen LogP contribution in [0.1, 0.15) is 38.5 Å². The lowest BCUT2D eigenvalue weighted by Crippen LogP contribution is -2.33. The summed E-state index contributed by atoms with van der Waals surface area (Å²) in [7, 11) is 0. The van der Waals surface area contributed by atoms with Gasteiger partial charge in [0.2, 0.25) is 5.91 Å². The highest BCUT2D eigenvalue weighted by atomic mass is 35.5. The molecular weight excluding hydrogens is 318 g/mol. The van der Waals surface area contributed by atoms with Gasteiger partial charge in [-0.3, -0.25) is 4.79 Å². The van der Waals surface area contributed by atoms with Crippen molar-refractivity contribution in [2.24, 2.45) is 10.9 Å². The van der Waals surface area contributed by atoms with Crippen molar-refractivity contribution >= 4 is 23.3 Å². The van der Waals surface area contributed by atoms with Crippen LogP contribution in [0.2, 0.25) is 0 Å². The van der Waals surface area contributed by atoms with Crippen LogP contribution in [0.5, 0.6) is 0 Å². The summed E-state index contributed by atoms with van der Waals surface area (Å²) in [6.07, 6.45) is 9.31. The van der Waals surface area contributed by atoms with Crippen LogP contribution in [-0.2, 0) is 14.4 Å². The highest BCUT2D eigenvalue weighted by molar-refractivity contribution is 6.30. The van der Waals surface area contributed by atoms with Gasteiger partial charge in [0.1, 0.15) is 19.0 Å². The second-order valence-electron chi connectivity index (χ2n) is 5.61. The third kappa shape index (κ3) is 6.14. The molecule has 1 amide bonds. The Morgan fingerprint density at radius 3 is 3.04 bits per heavy atom. The Hall–Kier alpha value is -1.69. The third-order valence-electron chi connectivity index (χ3n) is 3.75. The zero-order valence-electron chi connectivity index (χ0n) is 13.3. The Bertz CT molecular complexity index is 503. The standard InChI is InChI=1S/C16H24ClN3O3/c17-13-6-3-4-7-14(13)22-12-15(18)19-23-11-10-20-9-5-1-2-8-16(20)21/h4,7H,1-3,5-6,8-12H2,(H2,18,19). The summed E-state index contributed by atoms with van der Waals surface area (Å²) >= 11 is 6.06. The second-order valence-corrected chi connectivity index (χ2v) is 6.06. The van der Waals surface area contributed by atoms with Crippen molar-refractivity contribution < 1.29 is 14.4 Å². The number of carbonyl (C=O) groups excluding carboxylic acids is 1. The van der Waals surface area contributed by atoms with Gasteiger partial charge in [0.25, 0.3) is 0 Å². The van der Waals surface area contributed by atoms with Gasteiger partial charge in [-0.1, -0.05) is 29.3 Å². The van der Waals surface area contributed by atoms with Crippen molar-refractivity contribution in [1.29, 1.82) is 0 Å². The highest BCUT2D eigenvalue weighted by Gasteiger charge is 2.16. The van der Waals surface area contributed by atoms with Crippen LogP contribution in [0, 0.1) is 0 Å². The fourth-order valence-electron chi connectivity index (χ4n) is 2.47. The quantitative estimate of drug-likeness (QED) is 0.334. The van der Waals surface area contributed by atoms with Crippen molar-refractivity contribution in [3.8, 4) is 0 Å². The number of carbonyl (C=O) groups is 1. The van der Waals surface area contributed by atoms with Crippen LogP contribution in [0.4, 0.5) is 0 Å². The van der Waals surface area contributed by atoms with Gasteiger partial charge in [-0.15, -0.1) is 0 Å². The van der Waals surface area contributed by atoms with Gasteiger partial charge < -0.3 is 20.2 Å². The van der Waals surface area contributed by atoms with E-state index >= 15 is 0 Å². The number of hydrogen-bond donors (Lipinski definition) is 1. The van der Waals surface area contributed by atoms with Gasteiger partial charge in [-0.25, -0.2) is 0 Å². The topological polar surface area (TPSA) is 77.2 Å². The normalized spacial score (nSPS) is 19.8. The first kappa shape index (κ1) is 17.7. The van der Waals surface area contributed by atoms with Gasteiger partial charge in [0, 0.05) is 13.0 Å². The maximum atomic E-state index is 11.8. The average molecular weight is 342 g/mol. The molecule has 0 spiro atoms. The number of amides is 1. The summed E-state index contributed by atoms with van der Waals surface area (Å²) in [6, 6.07) is 0. The van der Waals surface area contributed by atoms with E-state index in [2.05, 4.69) is 5.16 Å². The SMILES string of the molecule is N/C(COC1=C(Cl)CCC=C1)=N\OCCN1CCCCCC1=O. The lowest BCUT2D eigenvalue weighted by molar-refractivity contribution is -0.131. The Morgan fingerprint density at radius 2 is 2.22 bits per heavy atom. The van der Waals surface area contributed by atoms with Crippen molar-refractivity contribution in [2.45, 2.75) is 38.5 Å². The number of halogens is 1. The first-order valence-corrected chi connectivity index (χ1v) is 8.44. The smallest absolute Gasteiger partial charge is 0.222 e. The van der Waals surface area contributed by atoms with E-state index in [0.717, 1.165) is 38.6 Å². The molecule has 7 heteroatoms. The molecule has 23 heavy (non-hydrogen) atoms. The number of amidine groups is 1. The molecule has 0 aromatic heterocycles. The van der Waals surface area contributed by atoms with Crippen LogP contribution in [0.15, 0.2) is 28.1 Å². The van der Waals surface area contributed by atoms with E-state index in [9.17, 15) is 4.79 Å². The molecule has 0 unspecified atom stereocenters. The molecule has 1 aliphatic carbocycles. The average Bonchev–Trinajstić information content (AvgIpc) is 2.75. The van der Waals surface area contributed by atoms with E-state index in [1.807, 2.05) is 17.1 Å². The molecule has 0 saturated carbocycles. The fraction of sp³-hybridized carbons (Fsp3) is 0.625. The predicted molar refractivity (Wildman–Crippen MR) is 89.8 cm³/mol. The maximum absolute atomic E-state index is 11.8. The molecular formula is C16H24ClN3O3. The summed E-state index contributed by atoms with van der Waals surface area (Å²) in [5.41, 5.74) is 5.74. The zero-order valence-corrected chi connectivity index (χ0v) is 14.1. The summed E-state index contributed by atoms with van der Waals surface area (Å²) in [5.74, 6) is 1.06. The molecule has 0 atom stereocenters. The van der Waals surface area contributed by atoms with E-state index in [-0.39, 0.29) is 18.3 Å². The number of oxime groups is 1. The number of rotatable bonds is 7. The molecule has 2 aliphatic rings. The van der Waals surface area contributed by atoms with Gasteiger partial charge in [-0.05, 0) is 31.8 Å². The van der Waals surface area contributed by atoms with Crippen LogP contribution in [0.3, 0.4) is 0 Å². The molecule has 0 bridgehead atoms. The second kappa shape index (κ2) is 9.45. The molecule has 128 valence electrons. The van der Waals surface area contributed by atoms with Crippen molar-refractivity contribution in [1.82, 2.24) is 4.90 Å². The van der Waals surface area contributed by atoms with Crippen LogP contribution >= 0.6 is 11.6 Å². The maximum Gasteiger partial charge on any atom is 0.222 e. The zero-order chi connectivity index (χ0) is 16.5. The monoisotopic (exact) mass is 341 g/mol. The summed E-state index contributed by atoms with van der Waals surface area (Å²) in [4.78, 5) is 18.8. The summed E-state index contributed by atoms with van der Waals surface area (Å²) in [5, 5.41) is 4.50. The van der Waals surface area contributed by atoms with E-state index in [0.29, 0.717) is 30.4 Å². The third-order valence-corrected chi connectivity index (χ3v) is 4.12. The molecule has 6 nitrogen and oxygen atoms in total. The van der Waals surface area contributed by atoms with Crippen molar-refractivity contribution in [3.63, 3.8) is 0 Å². The van der Waals surface area contributed by atoms with Gasteiger partial charge in [0.05, 0.1) is 11.6 Å². The van der Waals surface area contributed by atoms with Crippen LogP contribution in [0.25, 0.3) is 0 Å². The minimum Gasteiger partial charge on any atom is -0.484 e. The van der Waals surface area contributed by atoms with Crippen molar-refractivity contribution in [3.05, 3.63) is 22.9 Å². The van der Waals surface area contributed by atoms with Crippen molar-refractivity contribution in [2.75, 3.05) is 26.3 Å². The van der Waals surface area contributed by atoms with E-state index in [1.165, 1.54) is 0 Å². The fourth-order valence-corrected chi connectivity index (χ4v) is 2.70. The number of nitrogens with zero attached hydrogens (tertiary/aromatic N) is 2. The Morgan fingerprint density at radius 1 is 1.35 bits per heavy atom. The lowest BCUT2D eigenvalue weighted by atomic mass is 10.2. The first-order valence-electron chi connectivity index (χ1n) is 8.07.